The first-order chi connectivity index (χ1) is 8.66. The van der Waals surface area contributed by atoms with Gasteiger partial charge in [-0.1, -0.05) is 30.3 Å². The van der Waals surface area contributed by atoms with Crippen LogP contribution >= 0.6 is 15.9 Å². The van der Waals surface area contributed by atoms with Crippen LogP contribution in [0.4, 0.5) is 0 Å². The number of carbonyl (C=O) groups excluding carboxylic acids is 1. The Hall–Kier alpha value is -1.68. The molecule has 1 aromatic carbocycles. The van der Waals surface area contributed by atoms with Gasteiger partial charge in [-0.3, -0.25) is 4.98 Å². The largest absolute Gasteiger partial charge is 0.454 e. The first-order valence-corrected chi connectivity index (χ1v) is 6.32. The predicted molar refractivity (Wildman–Crippen MR) is 72.2 cm³/mol. The average molecular weight is 306 g/mol. The molecule has 0 amide bonds. The standard InChI is InChI=1S/C14H12BrNO2/c1-10(11-5-3-2-4-6-11)18-14(17)12-7-13(15)9-16-8-12/h2-10H,1H3/t10-/m1/s1. The zero-order valence-electron chi connectivity index (χ0n) is 9.84. The Morgan fingerprint density at radius 3 is 2.67 bits per heavy atom. The van der Waals surface area contributed by atoms with E-state index in [1.807, 2.05) is 37.3 Å². The molecule has 0 saturated heterocycles. The lowest BCUT2D eigenvalue weighted by atomic mass is 10.1. The highest BCUT2D eigenvalue weighted by Crippen LogP contribution is 2.19. The summed E-state index contributed by atoms with van der Waals surface area (Å²) in [7, 11) is 0. The second kappa shape index (κ2) is 5.78. The molecule has 0 spiro atoms. The normalized spacial score (nSPS) is 11.9. The van der Waals surface area contributed by atoms with Crippen LogP contribution in [0.3, 0.4) is 0 Å². The maximum Gasteiger partial charge on any atom is 0.340 e. The summed E-state index contributed by atoms with van der Waals surface area (Å²) in [5.74, 6) is -0.375. The lowest BCUT2D eigenvalue weighted by Gasteiger charge is -2.13. The molecule has 2 aromatic rings. The minimum absolute atomic E-state index is 0.280. The van der Waals surface area contributed by atoms with Crippen LogP contribution in [0.25, 0.3) is 0 Å². The molecule has 0 bridgehead atoms. The fourth-order valence-electron chi connectivity index (χ4n) is 1.54. The van der Waals surface area contributed by atoms with E-state index in [9.17, 15) is 4.79 Å². The van der Waals surface area contributed by atoms with Crippen molar-refractivity contribution < 1.29 is 9.53 Å². The summed E-state index contributed by atoms with van der Waals surface area (Å²) in [6.45, 7) is 1.85. The van der Waals surface area contributed by atoms with Crippen LogP contribution in [0.15, 0.2) is 53.3 Å². The maximum atomic E-state index is 11.9. The number of hydrogen-bond donors (Lipinski definition) is 0. The molecule has 1 aromatic heterocycles. The second-order valence-corrected chi connectivity index (χ2v) is 4.77. The molecule has 1 atom stereocenters. The molecular formula is C14H12BrNO2. The third-order valence-corrected chi connectivity index (χ3v) is 2.93. The van der Waals surface area contributed by atoms with E-state index in [1.165, 1.54) is 6.20 Å². The van der Waals surface area contributed by atoms with Gasteiger partial charge < -0.3 is 4.74 Å². The van der Waals surface area contributed by atoms with Gasteiger partial charge in [0.15, 0.2) is 0 Å². The summed E-state index contributed by atoms with van der Waals surface area (Å²) in [4.78, 5) is 15.8. The van der Waals surface area contributed by atoms with Crippen molar-refractivity contribution in [3.8, 4) is 0 Å². The minimum Gasteiger partial charge on any atom is -0.454 e. The van der Waals surface area contributed by atoms with Crippen LogP contribution in [0.1, 0.15) is 28.9 Å². The quantitative estimate of drug-likeness (QED) is 0.811. The lowest BCUT2D eigenvalue weighted by Crippen LogP contribution is -2.09. The van der Waals surface area contributed by atoms with Crippen molar-refractivity contribution in [2.45, 2.75) is 13.0 Å². The van der Waals surface area contributed by atoms with Gasteiger partial charge in [-0.2, -0.15) is 0 Å². The number of carbonyl (C=O) groups is 1. The van der Waals surface area contributed by atoms with Gasteiger partial charge >= 0.3 is 5.97 Å². The van der Waals surface area contributed by atoms with E-state index in [4.69, 9.17) is 4.74 Å². The van der Waals surface area contributed by atoms with Gasteiger partial charge in [0.25, 0.3) is 0 Å². The van der Waals surface area contributed by atoms with E-state index >= 15 is 0 Å². The molecule has 2 rings (SSSR count). The van der Waals surface area contributed by atoms with Crippen LogP contribution < -0.4 is 0 Å². The Morgan fingerprint density at radius 1 is 1.28 bits per heavy atom. The number of ether oxygens (including phenoxy) is 1. The van der Waals surface area contributed by atoms with Crippen LogP contribution in [-0.2, 0) is 4.74 Å². The Balaban J connectivity index is 2.08. The SMILES string of the molecule is C[C@@H](OC(=O)c1cncc(Br)c1)c1ccccc1. The van der Waals surface area contributed by atoms with E-state index < -0.39 is 0 Å². The zero-order chi connectivity index (χ0) is 13.0. The first-order valence-electron chi connectivity index (χ1n) is 5.53. The highest BCUT2D eigenvalue weighted by atomic mass is 79.9. The van der Waals surface area contributed by atoms with Crippen LogP contribution in [-0.4, -0.2) is 11.0 Å². The third-order valence-electron chi connectivity index (χ3n) is 2.49. The monoisotopic (exact) mass is 305 g/mol. The smallest absolute Gasteiger partial charge is 0.340 e. The summed E-state index contributed by atoms with van der Waals surface area (Å²) in [6.07, 6.45) is 2.83. The summed E-state index contributed by atoms with van der Waals surface area (Å²) in [5, 5.41) is 0. The Labute approximate surface area is 114 Å². The molecular weight excluding hydrogens is 294 g/mol. The molecule has 0 fully saturated rings. The molecule has 0 unspecified atom stereocenters. The molecule has 0 radical (unpaired) electrons. The van der Waals surface area contributed by atoms with Gasteiger partial charge in [-0.05, 0) is 34.5 Å². The lowest BCUT2D eigenvalue weighted by molar-refractivity contribution is 0.0337. The highest BCUT2D eigenvalue weighted by molar-refractivity contribution is 9.10. The first kappa shape index (κ1) is 12.8. The fourth-order valence-corrected chi connectivity index (χ4v) is 1.91. The number of nitrogens with zero attached hydrogens (tertiary/aromatic N) is 1. The second-order valence-electron chi connectivity index (χ2n) is 3.85. The van der Waals surface area contributed by atoms with E-state index in [0.717, 1.165) is 10.0 Å². The zero-order valence-corrected chi connectivity index (χ0v) is 11.4. The van der Waals surface area contributed by atoms with E-state index in [-0.39, 0.29) is 12.1 Å². The molecule has 0 N–H and O–H groups in total. The topological polar surface area (TPSA) is 39.2 Å². The van der Waals surface area contributed by atoms with E-state index in [2.05, 4.69) is 20.9 Å². The molecule has 4 heteroatoms. The van der Waals surface area contributed by atoms with Crippen molar-refractivity contribution in [1.29, 1.82) is 0 Å². The van der Waals surface area contributed by atoms with Crippen molar-refractivity contribution in [2.24, 2.45) is 0 Å². The average Bonchev–Trinajstić information content (AvgIpc) is 2.39. The summed E-state index contributed by atoms with van der Waals surface area (Å²) in [5.41, 5.74) is 1.40. The molecule has 3 nitrogen and oxygen atoms in total. The van der Waals surface area contributed by atoms with Crippen molar-refractivity contribution in [2.75, 3.05) is 0 Å². The van der Waals surface area contributed by atoms with Crippen molar-refractivity contribution in [1.82, 2.24) is 4.98 Å². The van der Waals surface area contributed by atoms with Gasteiger partial charge in [0.05, 0.1) is 5.56 Å². The molecule has 0 aliphatic carbocycles. The molecule has 18 heavy (non-hydrogen) atoms. The van der Waals surface area contributed by atoms with Gasteiger partial charge in [0.2, 0.25) is 0 Å². The maximum absolute atomic E-state index is 11.9. The molecule has 0 aliphatic rings. The molecule has 92 valence electrons. The van der Waals surface area contributed by atoms with Crippen LogP contribution in [0, 0.1) is 0 Å². The Bertz CT molecular complexity index is 543. The number of esters is 1. The number of pyridine rings is 1. The third kappa shape index (κ3) is 3.17. The number of rotatable bonds is 3. The van der Waals surface area contributed by atoms with E-state index in [0.29, 0.717) is 5.56 Å². The summed E-state index contributed by atoms with van der Waals surface area (Å²) < 4.78 is 6.13. The highest BCUT2D eigenvalue weighted by Gasteiger charge is 2.13. The van der Waals surface area contributed by atoms with E-state index in [1.54, 1.807) is 12.3 Å². The summed E-state index contributed by atoms with van der Waals surface area (Å²) in [6, 6.07) is 11.3. The Kier molecular flexibility index (Phi) is 4.10. The van der Waals surface area contributed by atoms with Gasteiger partial charge in [-0.15, -0.1) is 0 Å². The number of hydrogen-bond acceptors (Lipinski definition) is 3. The molecule has 0 aliphatic heterocycles. The Morgan fingerprint density at radius 2 is 2.00 bits per heavy atom. The van der Waals surface area contributed by atoms with Crippen LogP contribution in [0.5, 0.6) is 0 Å². The van der Waals surface area contributed by atoms with Gasteiger partial charge in [0.1, 0.15) is 6.10 Å². The fraction of sp³-hybridized carbons (Fsp3) is 0.143. The van der Waals surface area contributed by atoms with Crippen molar-refractivity contribution in [3.63, 3.8) is 0 Å². The van der Waals surface area contributed by atoms with Gasteiger partial charge in [-0.25, -0.2) is 4.79 Å². The molecule has 1 heterocycles. The van der Waals surface area contributed by atoms with Gasteiger partial charge in [0, 0.05) is 16.9 Å². The predicted octanol–water partition coefficient (Wildman–Crippen LogP) is 3.76. The number of halogens is 1. The molecule has 0 saturated carbocycles. The number of benzene rings is 1. The van der Waals surface area contributed by atoms with Crippen molar-refractivity contribution >= 4 is 21.9 Å². The van der Waals surface area contributed by atoms with Crippen LogP contribution in [0.2, 0.25) is 0 Å². The summed E-state index contributed by atoms with van der Waals surface area (Å²) >= 11 is 3.27. The minimum atomic E-state index is -0.375. The van der Waals surface area contributed by atoms with Crippen molar-refractivity contribution in [3.05, 3.63) is 64.4 Å². The number of aromatic nitrogens is 1.